The van der Waals surface area contributed by atoms with Crippen molar-refractivity contribution in [1.29, 1.82) is 0 Å². The maximum Gasteiger partial charge on any atom is 0.296 e. The maximum absolute atomic E-state index is 13.2. The molecule has 1 amide bonds. The lowest BCUT2D eigenvalue weighted by atomic mass is 9.72. The second-order valence-corrected chi connectivity index (χ2v) is 10.4. The van der Waals surface area contributed by atoms with Crippen molar-refractivity contribution in [2.24, 2.45) is 11.3 Å². The van der Waals surface area contributed by atoms with Crippen molar-refractivity contribution >= 4 is 38.8 Å². The van der Waals surface area contributed by atoms with Gasteiger partial charge in [0.15, 0.2) is 0 Å². The summed E-state index contributed by atoms with van der Waals surface area (Å²) >= 11 is 1.56. The minimum absolute atomic E-state index is 0.0361. The second-order valence-electron chi connectivity index (χ2n) is 9.36. The maximum atomic E-state index is 13.2. The monoisotopic (exact) mass is 470 g/mol. The zero-order valence-electron chi connectivity index (χ0n) is 19.0. The molecule has 0 spiro atoms. The van der Waals surface area contributed by atoms with E-state index in [0.717, 1.165) is 24.8 Å². The van der Waals surface area contributed by atoms with Gasteiger partial charge in [0.1, 0.15) is 22.8 Å². The van der Waals surface area contributed by atoms with E-state index in [2.05, 4.69) is 31.1 Å². The minimum Gasteiger partial charge on any atom is -0.496 e. The second kappa shape index (κ2) is 8.58. The molecule has 1 aliphatic carbocycles. The molecule has 4 rings (SSSR count). The molecule has 0 aliphatic heterocycles. The van der Waals surface area contributed by atoms with Crippen LogP contribution in [0.2, 0.25) is 0 Å². The fourth-order valence-electron chi connectivity index (χ4n) is 4.29. The number of methoxy groups -OCH3 is 1. The molecule has 33 heavy (non-hydrogen) atoms. The van der Waals surface area contributed by atoms with Gasteiger partial charge < -0.3 is 10.1 Å². The Morgan fingerprint density at radius 2 is 2.15 bits per heavy atom. The molecule has 10 heteroatoms. The van der Waals surface area contributed by atoms with E-state index in [4.69, 9.17) is 4.74 Å². The highest BCUT2D eigenvalue weighted by Crippen LogP contribution is 2.42. The van der Waals surface area contributed by atoms with Gasteiger partial charge >= 0.3 is 0 Å². The molecule has 1 aliphatic rings. The first-order valence-corrected chi connectivity index (χ1v) is 11.5. The summed E-state index contributed by atoms with van der Waals surface area (Å²) in [5.74, 6) is 0.302. The number of aromatic nitrogens is 2. The Hall–Kier alpha value is -3.27. The van der Waals surface area contributed by atoms with Crippen LogP contribution in [0.25, 0.3) is 10.2 Å². The first kappa shape index (κ1) is 22.9. The molecule has 9 nitrogen and oxygen atoms in total. The van der Waals surface area contributed by atoms with Gasteiger partial charge in [0.2, 0.25) is 5.91 Å². The SMILES string of the molecule is COc1ccc(NC(=O)Cn2cnc3sc4c(c3c2=O)CCC(C(C)(C)C)C4)c([N+](=O)[O-])c1. The number of benzene rings is 1. The summed E-state index contributed by atoms with van der Waals surface area (Å²) in [6, 6.07) is 4.16. The predicted molar refractivity (Wildman–Crippen MR) is 127 cm³/mol. The Morgan fingerprint density at radius 3 is 2.82 bits per heavy atom. The van der Waals surface area contributed by atoms with Crippen LogP contribution in [0.1, 0.15) is 37.6 Å². The van der Waals surface area contributed by atoms with Gasteiger partial charge in [-0.1, -0.05) is 20.8 Å². The topological polar surface area (TPSA) is 116 Å². The summed E-state index contributed by atoms with van der Waals surface area (Å²) < 4.78 is 6.27. The van der Waals surface area contributed by atoms with E-state index in [1.807, 2.05) is 0 Å². The van der Waals surface area contributed by atoms with Gasteiger partial charge in [-0.2, -0.15) is 0 Å². The molecule has 1 unspecified atom stereocenters. The van der Waals surface area contributed by atoms with Gasteiger partial charge in [-0.3, -0.25) is 24.3 Å². The molecule has 1 N–H and O–H groups in total. The first-order chi connectivity index (χ1) is 15.6. The van der Waals surface area contributed by atoms with E-state index in [-0.39, 0.29) is 28.9 Å². The molecular formula is C23H26N4O5S. The van der Waals surface area contributed by atoms with Crippen molar-refractivity contribution in [3.05, 3.63) is 55.4 Å². The molecule has 0 saturated heterocycles. The van der Waals surface area contributed by atoms with Crippen molar-refractivity contribution in [2.75, 3.05) is 12.4 Å². The number of carbonyl (C=O) groups is 1. The highest BCUT2D eigenvalue weighted by Gasteiger charge is 2.31. The first-order valence-electron chi connectivity index (χ1n) is 10.7. The van der Waals surface area contributed by atoms with E-state index in [9.17, 15) is 19.7 Å². The number of nitrogens with one attached hydrogen (secondary N) is 1. The number of anilines is 1. The van der Waals surface area contributed by atoms with E-state index < -0.39 is 10.8 Å². The van der Waals surface area contributed by atoms with Crippen LogP contribution < -0.4 is 15.6 Å². The lowest BCUT2D eigenvalue weighted by Crippen LogP contribution is -2.29. The number of nitrogens with zero attached hydrogens (tertiary/aromatic N) is 3. The standard InChI is InChI=1S/C23H26N4O5S/c1-23(2,3)13-5-7-15-18(9-13)33-21-20(15)22(29)26(12-24-21)11-19(28)25-16-8-6-14(32-4)10-17(16)27(30)31/h6,8,10,12-13H,5,7,9,11H2,1-4H3,(H,25,28). The molecule has 2 aromatic heterocycles. The highest BCUT2D eigenvalue weighted by molar-refractivity contribution is 7.18. The van der Waals surface area contributed by atoms with E-state index >= 15 is 0 Å². The predicted octanol–water partition coefficient (Wildman–Crippen LogP) is 4.16. The van der Waals surface area contributed by atoms with Crippen molar-refractivity contribution < 1.29 is 14.5 Å². The van der Waals surface area contributed by atoms with Crippen LogP contribution >= 0.6 is 11.3 Å². The molecule has 1 aromatic carbocycles. The third-order valence-electron chi connectivity index (χ3n) is 6.25. The fraction of sp³-hybridized carbons (Fsp3) is 0.435. The van der Waals surface area contributed by atoms with E-state index in [0.29, 0.717) is 21.9 Å². The smallest absolute Gasteiger partial charge is 0.296 e. The van der Waals surface area contributed by atoms with E-state index in [1.54, 1.807) is 11.3 Å². The Kier molecular flexibility index (Phi) is 5.96. The number of hydrogen-bond acceptors (Lipinski definition) is 7. The summed E-state index contributed by atoms with van der Waals surface area (Å²) in [6.07, 6.45) is 4.14. The van der Waals surface area contributed by atoms with Crippen LogP contribution in [0, 0.1) is 21.4 Å². The van der Waals surface area contributed by atoms with Gasteiger partial charge in [0.05, 0.1) is 29.8 Å². The molecule has 0 bridgehead atoms. The van der Waals surface area contributed by atoms with Crippen LogP contribution in [-0.2, 0) is 24.2 Å². The number of ether oxygens (including phenoxy) is 1. The molecule has 0 fully saturated rings. The van der Waals surface area contributed by atoms with E-state index in [1.165, 1.54) is 41.1 Å². The lowest BCUT2D eigenvalue weighted by Gasteiger charge is -2.33. The van der Waals surface area contributed by atoms with Gasteiger partial charge in [-0.25, -0.2) is 4.98 Å². The zero-order chi connectivity index (χ0) is 23.9. The van der Waals surface area contributed by atoms with Crippen molar-refractivity contribution in [3.8, 4) is 5.75 Å². The Balaban J connectivity index is 1.59. The van der Waals surface area contributed by atoms with Crippen LogP contribution in [0.15, 0.2) is 29.3 Å². The lowest BCUT2D eigenvalue weighted by molar-refractivity contribution is -0.384. The third-order valence-corrected chi connectivity index (χ3v) is 7.41. The minimum atomic E-state index is -0.597. The summed E-state index contributed by atoms with van der Waals surface area (Å²) in [4.78, 5) is 42.9. The van der Waals surface area contributed by atoms with Gasteiger partial charge in [-0.05, 0) is 48.3 Å². The number of nitro benzene ring substituents is 1. The third kappa shape index (κ3) is 4.47. The molecule has 1 atom stereocenters. The Labute approximate surface area is 194 Å². The largest absolute Gasteiger partial charge is 0.496 e. The number of rotatable bonds is 5. The highest BCUT2D eigenvalue weighted by atomic mass is 32.1. The van der Waals surface area contributed by atoms with Crippen LogP contribution in [-0.4, -0.2) is 27.5 Å². The number of thiophene rings is 1. The summed E-state index contributed by atoms with van der Waals surface area (Å²) in [5.41, 5.74) is 0.738. The summed E-state index contributed by atoms with van der Waals surface area (Å²) in [6.45, 7) is 6.44. The zero-order valence-corrected chi connectivity index (χ0v) is 19.8. The quantitative estimate of drug-likeness (QED) is 0.442. The van der Waals surface area contributed by atoms with Gasteiger partial charge in [-0.15, -0.1) is 11.3 Å². The number of fused-ring (bicyclic) bond motifs is 3. The normalized spacial score (nSPS) is 15.8. The average molecular weight is 471 g/mol. The van der Waals surface area contributed by atoms with Gasteiger partial charge in [0.25, 0.3) is 11.2 Å². The van der Waals surface area contributed by atoms with Crippen LogP contribution in [0.5, 0.6) is 5.75 Å². The Bertz CT molecular complexity index is 1300. The number of carbonyl (C=O) groups excluding carboxylic acids is 1. The number of hydrogen-bond donors (Lipinski definition) is 1. The van der Waals surface area contributed by atoms with Crippen LogP contribution in [0.3, 0.4) is 0 Å². The molecule has 3 aromatic rings. The molecule has 2 heterocycles. The number of nitro groups is 1. The van der Waals surface area contributed by atoms with Gasteiger partial charge in [0, 0.05) is 4.88 Å². The van der Waals surface area contributed by atoms with Crippen molar-refractivity contribution in [2.45, 2.75) is 46.6 Å². The average Bonchev–Trinajstić information content (AvgIpc) is 3.13. The molecule has 0 radical (unpaired) electrons. The van der Waals surface area contributed by atoms with Crippen LogP contribution in [0.4, 0.5) is 11.4 Å². The fourth-order valence-corrected chi connectivity index (χ4v) is 5.55. The van der Waals surface area contributed by atoms with Crippen molar-refractivity contribution in [3.63, 3.8) is 0 Å². The molecule has 0 saturated carbocycles. The number of aryl methyl sites for hydroxylation is 1. The van der Waals surface area contributed by atoms with Crippen molar-refractivity contribution in [1.82, 2.24) is 9.55 Å². The summed E-state index contributed by atoms with van der Waals surface area (Å²) in [5, 5.41) is 14.5. The molecule has 174 valence electrons. The molecular weight excluding hydrogens is 444 g/mol. The number of amides is 1. The Morgan fingerprint density at radius 1 is 1.39 bits per heavy atom. The summed E-state index contributed by atoms with van der Waals surface area (Å²) in [7, 11) is 1.40.